The molecule has 0 saturated carbocycles. The van der Waals surface area contributed by atoms with Gasteiger partial charge in [0.2, 0.25) is 0 Å². The van der Waals surface area contributed by atoms with Crippen LogP contribution >= 0.6 is 0 Å². The number of carbonyl (C=O) groups is 1. The standard InChI is InChI=1S/C22H20FN7O.C2H6.CH4/c1-28-7-9-29(10-8-28)19-5-6-30(27-19)18-11-16(26-17-13-25-22(31)21(17)18)20-14(12-24)3-2-4-15(20)23;1-2;/h2-6,11H,7-10,13H2,1H3,(H,25,31);1-2H3;1H4. The number of nitriles is 1. The summed E-state index contributed by atoms with van der Waals surface area (Å²) in [5.74, 6) is 0.0466. The SMILES string of the molecule is C.CC.CN1CCN(c2ccn(-c3cc(-c4c(F)cccc4C#N)nc4c3C(=O)NC4)n2)CC1. The van der Waals surface area contributed by atoms with Gasteiger partial charge in [0, 0.05) is 38.4 Å². The van der Waals surface area contributed by atoms with Crippen molar-refractivity contribution in [1.82, 2.24) is 25.0 Å². The van der Waals surface area contributed by atoms with Crippen LogP contribution in [-0.2, 0) is 6.54 Å². The number of likely N-dealkylation sites (N-methyl/N-ethyl adjacent to an activating group) is 1. The molecular formula is C25H30FN7O. The maximum atomic E-state index is 14.7. The Kier molecular flexibility index (Phi) is 7.64. The van der Waals surface area contributed by atoms with Gasteiger partial charge in [-0.15, -0.1) is 0 Å². The molecule has 9 heteroatoms. The van der Waals surface area contributed by atoms with Crippen LogP contribution in [0.25, 0.3) is 16.9 Å². The predicted octanol–water partition coefficient (Wildman–Crippen LogP) is 3.60. The Morgan fingerprint density at radius 3 is 2.56 bits per heavy atom. The molecule has 3 aromatic rings. The lowest BCUT2D eigenvalue weighted by Crippen LogP contribution is -2.44. The second-order valence-electron chi connectivity index (χ2n) is 7.71. The summed E-state index contributed by atoms with van der Waals surface area (Å²) in [5, 5.41) is 16.9. The van der Waals surface area contributed by atoms with Crippen LogP contribution in [0, 0.1) is 17.1 Å². The van der Waals surface area contributed by atoms with E-state index in [-0.39, 0.29) is 31.0 Å². The number of hydrogen-bond acceptors (Lipinski definition) is 6. The number of amides is 1. The van der Waals surface area contributed by atoms with Crippen LogP contribution in [0.3, 0.4) is 0 Å². The largest absolute Gasteiger partial charge is 0.353 e. The van der Waals surface area contributed by atoms with Crippen LogP contribution in [0.4, 0.5) is 10.2 Å². The summed E-state index contributed by atoms with van der Waals surface area (Å²) in [7, 11) is 2.09. The molecule has 1 saturated heterocycles. The molecule has 1 aromatic carbocycles. The number of rotatable bonds is 3. The van der Waals surface area contributed by atoms with Crippen molar-refractivity contribution < 1.29 is 9.18 Å². The van der Waals surface area contributed by atoms with Gasteiger partial charge in [0.1, 0.15) is 5.82 Å². The average molecular weight is 464 g/mol. The Labute approximate surface area is 199 Å². The van der Waals surface area contributed by atoms with Crippen LogP contribution < -0.4 is 10.2 Å². The van der Waals surface area contributed by atoms with Crippen molar-refractivity contribution >= 4 is 11.7 Å². The predicted molar refractivity (Wildman–Crippen MR) is 130 cm³/mol. The van der Waals surface area contributed by atoms with Crippen molar-refractivity contribution in [2.24, 2.45) is 0 Å². The summed E-state index contributed by atoms with van der Waals surface area (Å²) in [5.41, 5.74) is 2.07. The molecule has 0 bridgehead atoms. The number of halogens is 1. The van der Waals surface area contributed by atoms with E-state index in [9.17, 15) is 14.4 Å². The number of nitrogens with one attached hydrogen (secondary N) is 1. The third-order valence-corrected chi connectivity index (χ3v) is 5.76. The number of nitrogens with zero attached hydrogens (tertiary/aromatic N) is 6. The highest BCUT2D eigenvalue weighted by molar-refractivity contribution is 6.01. The normalized spacial score (nSPS) is 14.9. The van der Waals surface area contributed by atoms with Crippen LogP contribution in [0.1, 0.15) is 42.9 Å². The fraction of sp³-hybridized carbons (Fsp3) is 0.360. The van der Waals surface area contributed by atoms with Crippen molar-refractivity contribution in [1.29, 1.82) is 5.26 Å². The highest BCUT2D eigenvalue weighted by Gasteiger charge is 2.28. The van der Waals surface area contributed by atoms with Gasteiger partial charge in [0.05, 0.1) is 46.4 Å². The van der Waals surface area contributed by atoms with Gasteiger partial charge in [-0.1, -0.05) is 27.3 Å². The number of anilines is 1. The first-order valence-corrected chi connectivity index (χ1v) is 11.1. The zero-order chi connectivity index (χ0) is 23.5. The molecule has 0 spiro atoms. The third kappa shape index (κ3) is 4.50. The van der Waals surface area contributed by atoms with E-state index >= 15 is 0 Å². The van der Waals surface area contributed by atoms with Gasteiger partial charge in [-0.3, -0.25) is 4.79 Å². The first-order valence-electron chi connectivity index (χ1n) is 11.1. The van der Waals surface area contributed by atoms with Gasteiger partial charge in [-0.05, 0) is 25.2 Å². The molecule has 0 radical (unpaired) electrons. The average Bonchev–Trinajstić information content (AvgIpc) is 3.47. The van der Waals surface area contributed by atoms with Crippen molar-refractivity contribution in [2.75, 3.05) is 38.1 Å². The van der Waals surface area contributed by atoms with E-state index < -0.39 is 5.82 Å². The van der Waals surface area contributed by atoms with E-state index in [0.29, 0.717) is 22.6 Å². The Morgan fingerprint density at radius 1 is 1.12 bits per heavy atom. The Hall–Kier alpha value is -3.77. The quantitative estimate of drug-likeness (QED) is 0.638. The van der Waals surface area contributed by atoms with Gasteiger partial charge in [0.15, 0.2) is 5.82 Å². The molecule has 1 amide bonds. The minimum absolute atomic E-state index is 0. The van der Waals surface area contributed by atoms with E-state index in [1.54, 1.807) is 23.0 Å². The molecule has 2 aliphatic rings. The van der Waals surface area contributed by atoms with Crippen LogP contribution in [0.5, 0.6) is 0 Å². The number of carbonyl (C=O) groups excluding carboxylic acids is 1. The monoisotopic (exact) mass is 463 g/mol. The number of hydrogen-bond donors (Lipinski definition) is 1. The van der Waals surface area contributed by atoms with Gasteiger partial charge in [0.25, 0.3) is 5.91 Å². The lowest BCUT2D eigenvalue weighted by atomic mass is 10.0. The first-order chi connectivity index (χ1) is 16.0. The summed E-state index contributed by atoms with van der Waals surface area (Å²) < 4.78 is 16.3. The topological polar surface area (TPSA) is 90.1 Å². The molecule has 8 nitrogen and oxygen atoms in total. The summed E-state index contributed by atoms with van der Waals surface area (Å²) in [4.78, 5) is 21.5. The minimum Gasteiger partial charge on any atom is -0.353 e. The van der Waals surface area contributed by atoms with Gasteiger partial charge >= 0.3 is 0 Å². The van der Waals surface area contributed by atoms with Crippen LogP contribution in [0.15, 0.2) is 36.5 Å². The molecule has 178 valence electrons. The van der Waals surface area contributed by atoms with E-state index in [1.807, 2.05) is 26.0 Å². The van der Waals surface area contributed by atoms with E-state index in [2.05, 4.69) is 27.1 Å². The summed E-state index contributed by atoms with van der Waals surface area (Å²) in [6.07, 6.45) is 1.80. The molecule has 4 heterocycles. The highest BCUT2D eigenvalue weighted by Crippen LogP contribution is 2.31. The lowest BCUT2D eigenvalue weighted by molar-refractivity contribution is 0.0965. The molecule has 0 aliphatic carbocycles. The van der Waals surface area contributed by atoms with E-state index in [1.165, 1.54) is 12.1 Å². The third-order valence-electron chi connectivity index (χ3n) is 5.76. The number of pyridine rings is 1. The fourth-order valence-corrected chi connectivity index (χ4v) is 4.05. The summed E-state index contributed by atoms with van der Waals surface area (Å²) >= 11 is 0. The zero-order valence-electron chi connectivity index (χ0n) is 19.0. The molecule has 0 atom stereocenters. The second-order valence-corrected chi connectivity index (χ2v) is 7.71. The van der Waals surface area contributed by atoms with Crippen molar-refractivity contribution in [3.63, 3.8) is 0 Å². The molecular weight excluding hydrogens is 433 g/mol. The van der Waals surface area contributed by atoms with Crippen molar-refractivity contribution in [2.45, 2.75) is 27.8 Å². The molecule has 34 heavy (non-hydrogen) atoms. The minimum atomic E-state index is -0.534. The fourth-order valence-electron chi connectivity index (χ4n) is 4.05. The molecule has 2 aromatic heterocycles. The second kappa shape index (κ2) is 10.4. The van der Waals surface area contributed by atoms with Gasteiger partial charge in [-0.25, -0.2) is 14.1 Å². The number of benzene rings is 1. The lowest BCUT2D eigenvalue weighted by Gasteiger charge is -2.32. The maximum Gasteiger partial charge on any atom is 0.255 e. The summed E-state index contributed by atoms with van der Waals surface area (Å²) in [6, 6.07) is 9.91. The van der Waals surface area contributed by atoms with E-state index in [0.717, 1.165) is 32.0 Å². The van der Waals surface area contributed by atoms with Crippen molar-refractivity contribution in [3.8, 4) is 23.0 Å². The number of fused-ring (bicyclic) bond motifs is 1. The molecule has 1 fully saturated rings. The number of aromatic nitrogens is 3. The van der Waals surface area contributed by atoms with E-state index in [4.69, 9.17) is 5.10 Å². The molecule has 5 rings (SSSR count). The Morgan fingerprint density at radius 2 is 1.85 bits per heavy atom. The summed E-state index contributed by atoms with van der Waals surface area (Å²) in [6.45, 7) is 7.89. The Balaban J connectivity index is 0.00000105. The van der Waals surface area contributed by atoms with Crippen LogP contribution in [0.2, 0.25) is 0 Å². The maximum absolute atomic E-state index is 14.7. The smallest absolute Gasteiger partial charge is 0.255 e. The molecule has 1 N–H and O–H groups in total. The number of piperazine rings is 1. The molecule has 2 aliphatic heterocycles. The first kappa shape index (κ1) is 24.9. The van der Waals surface area contributed by atoms with Crippen molar-refractivity contribution in [3.05, 3.63) is 59.2 Å². The zero-order valence-corrected chi connectivity index (χ0v) is 19.0. The van der Waals surface area contributed by atoms with Gasteiger partial charge < -0.3 is 15.1 Å². The molecule has 0 unspecified atom stereocenters. The highest BCUT2D eigenvalue weighted by atomic mass is 19.1. The van der Waals surface area contributed by atoms with Crippen LogP contribution in [-0.4, -0.2) is 58.8 Å². The van der Waals surface area contributed by atoms with Gasteiger partial charge in [-0.2, -0.15) is 10.4 Å². The Bertz CT molecular complexity index is 1220.